The van der Waals surface area contributed by atoms with E-state index in [2.05, 4.69) is 10.5 Å². The van der Waals surface area contributed by atoms with Crippen LogP contribution in [0.25, 0.3) is 0 Å². The molecule has 0 heterocycles. The second kappa shape index (κ2) is 12.2. The topological polar surface area (TPSA) is 130 Å². The monoisotopic (exact) mass is 508 g/mol. The Kier molecular flexibility index (Phi) is 8.85. The smallest absolute Gasteiger partial charge is 0.264 e. The van der Waals surface area contributed by atoms with Crippen molar-refractivity contribution in [3.8, 4) is 23.3 Å². The van der Waals surface area contributed by atoms with Gasteiger partial charge in [0.05, 0.1) is 31.0 Å². The van der Waals surface area contributed by atoms with Crippen LogP contribution in [0.1, 0.15) is 5.56 Å². The SMILES string of the molecule is COc1ccc(N(CC(=O)N/N=C\c2ccc(OCC#N)cc2)S(=O)(=O)c2ccccc2)cc1OC. The summed E-state index contributed by atoms with van der Waals surface area (Å²) < 4.78 is 43.5. The Balaban J connectivity index is 1.81. The van der Waals surface area contributed by atoms with Crippen molar-refractivity contribution < 1.29 is 27.4 Å². The highest BCUT2D eigenvalue weighted by atomic mass is 32.2. The van der Waals surface area contributed by atoms with Gasteiger partial charge in [-0.15, -0.1) is 0 Å². The van der Waals surface area contributed by atoms with E-state index in [9.17, 15) is 13.2 Å². The Bertz CT molecular complexity index is 1350. The van der Waals surface area contributed by atoms with Gasteiger partial charge in [-0.25, -0.2) is 13.8 Å². The van der Waals surface area contributed by atoms with E-state index in [0.29, 0.717) is 22.8 Å². The first-order valence-electron chi connectivity index (χ1n) is 10.6. The maximum atomic E-state index is 13.4. The van der Waals surface area contributed by atoms with Gasteiger partial charge in [-0.05, 0) is 54.1 Å². The van der Waals surface area contributed by atoms with Gasteiger partial charge >= 0.3 is 0 Å². The number of carbonyl (C=O) groups is 1. The number of methoxy groups -OCH3 is 2. The van der Waals surface area contributed by atoms with E-state index in [-0.39, 0.29) is 17.2 Å². The third-order valence-electron chi connectivity index (χ3n) is 4.86. The number of anilines is 1. The number of hydrazone groups is 1. The van der Waals surface area contributed by atoms with E-state index in [4.69, 9.17) is 19.5 Å². The zero-order chi connectivity index (χ0) is 26.0. The number of nitrogens with zero attached hydrogens (tertiary/aromatic N) is 3. The summed E-state index contributed by atoms with van der Waals surface area (Å²) in [7, 11) is -1.20. The van der Waals surface area contributed by atoms with Crippen LogP contribution in [0.15, 0.2) is 82.8 Å². The first-order valence-corrected chi connectivity index (χ1v) is 12.0. The lowest BCUT2D eigenvalue weighted by Crippen LogP contribution is -2.39. The molecule has 0 aliphatic heterocycles. The molecule has 1 N–H and O–H groups in total. The predicted molar refractivity (Wildman–Crippen MR) is 134 cm³/mol. The Morgan fingerprint density at radius 1 is 1.03 bits per heavy atom. The van der Waals surface area contributed by atoms with Gasteiger partial charge in [0.1, 0.15) is 18.4 Å². The van der Waals surface area contributed by atoms with Gasteiger partial charge in [0.25, 0.3) is 15.9 Å². The average Bonchev–Trinajstić information content (AvgIpc) is 2.91. The minimum absolute atomic E-state index is 0.0230. The van der Waals surface area contributed by atoms with Crippen LogP contribution in [0.3, 0.4) is 0 Å². The molecule has 3 aromatic rings. The molecule has 3 aromatic carbocycles. The normalized spacial score (nSPS) is 10.9. The van der Waals surface area contributed by atoms with Gasteiger partial charge in [0.2, 0.25) is 0 Å². The van der Waals surface area contributed by atoms with Crippen molar-refractivity contribution in [1.29, 1.82) is 5.26 Å². The predicted octanol–water partition coefficient (Wildman–Crippen LogP) is 2.95. The summed E-state index contributed by atoms with van der Waals surface area (Å²) in [6.07, 6.45) is 1.40. The van der Waals surface area contributed by atoms with Crippen molar-refractivity contribution in [2.24, 2.45) is 5.10 Å². The zero-order valence-corrected chi connectivity index (χ0v) is 20.4. The second-order valence-electron chi connectivity index (χ2n) is 7.17. The third-order valence-corrected chi connectivity index (χ3v) is 6.65. The molecule has 0 saturated heterocycles. The number of nitriles is 1. The van der Waals surface area contributed by atoms with Crippen molar-refractivity contribution in [1.82, 2.24) is 5.43 Å². The van der Waals surface area contributed by atoms with Crippen molar-refractivity contribution in [2.75, 3.05) is 31.7 Å². The standard InChI is InChI=1S/C25H24N4O6S/c1-33-23-13-10-20(16-24(23)34-2)29(36(31,32)22-6-4-3-5-7-22)18-25(30)28-27-17-19-8-11-21(12-9-19)35-15-14-26/h3-13,16-17H,15,18H2,1-2H3,(H,28,30)/b27-17-. The maximum absolute atomic E-state index is 13.4. The van der Waals surface area contributed by atoms with Crippen LogP contribution >= 0.6 is 0 Å². The summed E-state index contributed by atoms with van der Waals surface area (Å²) in [6, 6.07) is 20.9. The highest BCUT2D eigenvalue weighted by Crippen LogP contribution is 2.33. The third kappa shape index (κ3) is 6.52. The molecule has 10 nitrogen and oxygen atoms in total. The summed E-state index contributed by atoms with van der Waals surface area (Å²) in [5.41, 5.74) is 3.22. The van der Waals surface area contributed by atoms with Crippen LogP contribution in [0.4, 0.5) is 5.69 Å². The quantitative estimate of drug-likeness (QED) is 0.311. The molecule has 0 atom stereocenters. The second-order valence-corrected chi connectivity index (χ2v) is 9.04. The van der Waals surface area contributed by atoms with Crippen LogP contribution in [-0.2, 0) is 14.8 Å². The molecular weight excluding hydrogens is 484 g/mol. The zero-order valence-electron chi connectivity index (χ0n) is 19.6. The van der Waals surface area contributed by atoms with Crippen LogP contribution < -0.4 is 23.9 Å². The lowest BCUT2D eigenvalue weighted by molar-refractivity contribution is -0.119. The first kappa shape index (κ1) is 26.1. The summed E-state index contributed by atoms with van der Waals surface area (Å²) in [6.45, 7) is -0.600. The molecule has 36 heavy (non-hydrogen) atoms. The van der Waals surface area contributed by atoms with Gasteiger partial charge in [-0.1, -0.05) is 18.2 Å². The van der Waals surface area contributed by atoms with Gasteiger partial charge in [-0.2, -0.15) is 10.4 Å². The summed E-state index contributed by atoms with van der Waals surface area (Å²) >= 11 is 0. The van der Waals surface area contributed by atoms with E-state index >= 15 is 0 Å². The Labute approximate surface area is 209 Å². The molecule has 0 aliphatic carbocycles. The highest BCUT2D eigenvalue weighted by molar-refractivity contribution is 7.92. The van der Waals surface area contributed by atoms with E-state index in [0.717, 1.165) is 4.31 Å². The molecule has 186 valence electrons. The van der Waals surface area contributed by atoms with E-state index < -0.39 is 22.5 Å². The maximum Gasteiger partial charge on any atom is 0.264 e. The van der Waals surface area contributed by atoms with Crippen molar-refractivity contribution in [3.05, 3.63) is 78.4 Å². The first-order chi connectivity index (χ1) is 17.4. The number of rotatable bonds is 11. The molecule has 11 heteroatoms. The molecule has 1 amide bonds. The Hall–Kier alpha value is -4.56. The van der Waals surface area contributed by atoms with Crippen molar-refractivity contribution in [2.45, 2.75) is 4.90 Å². The molecule has 0 aliphatic rings. The van der Waals surface area contributed by atoms with Crippen LogP contribution in [0.2, 0.25) is 0 Å². The fourth-order valence-corrected chi connectivity index (χ4v) is 4.56. The lowest BCUT2D eigenvalue weighted by Gasteiger charge is -2.24. The van der Waals surface area contributed by atoms with Crippen LogP contribution in [0, 0.1) is 11.3 Å². The summed E-state index contributed by atoms with van der Waals surface area (Å²) in [5, 5.41) is 12.5. The fraction of sp³-hybridized carbons (Fsp3) is 0.160. The number of hydrogen-bond acceptors (Lipinski definition) is 8. The number of amides is 1. The van der Waals surface area contributed by atoms with Crippen LogP contribution in [0.5, 0.6) is 17.2 Å². The summed E-state index contributed by atoms with van der Waals surface area (Å²) in [5.74, 6) is 0.587. The van der Waals surface area contributed by atoms with Gasteiger partial charge in [0, 0.05) is 6.07 Å². The van der Waals surface area contributed by atoms with Crippen molar-refractivity contribution in [3.63, 3.8) is 0 Å². The molecule has 0 fully saturated rings. The molecule has 0 bridgehead atoms. The van der Waals surface area contributed by atoms with Gasteiger partial charge in [0.15, 0.2) is 18.1 Å². The molecule has 0 radical (unpaired) electrons. The minimum atomic E-state index is -4.10. The number of carbonyl (C=O) groups excluding carboxylic acids is 1. The van der Waals surface area contributed by atoms with Crippen molar-refractivity contribution >= 4 is 27.8 Å². The van der Waals surface area contributed by atoms with E-state index in [1.54, 1.807) is 48.5 Å². The Morgan fingerprint density at radius 3 is 2.36 bits per heavy atom. The highest BCUT2D eigenvalue weighted by Gasteiger charge is 2.28. The van der Waals surface area contributed by atoms with Crippen LogP contribution in [-0.4, -0.2) is 47.9 Å². The van der Waals surface area contributed by atoms with Gasteiger partial charge in [-0.3, -0.25) is 9.10 Å². The number of nitrogens with one attached hydrogen (secondary N) is 1. The molecular formula is C25H24N4O6S. The average molecular weight is 509 g/mol. The largest absolute Gasteiger partial charge is 0.493 e. The molecule has 0 spiro atoms. The van der Waals surface area contributed by atoms with E-state index in [1.165, 1.54) is 44.7 Å². The number of ether oxygens (including phenoxy) is 3. The van der Waals surface area contributed by atoms with Gasteiger partial charge < -0.3 is 14.2 Å². The minimum Gasteiger partial charge on any atom is -0.493 e. The lowest BCUT2D eigenvalue weighted by atomic mass is 10.2. The number of benzene rings is 3. The molecule has 0 saturated carbocycles. The molecule has 0 aromatic heterocycles. The Morgan fingerprint density at radius 2 is 1.72 bits per heavy atom. The molecule has 3 rings (SSSR count). The molecule has 0 unspecified atom stereocenters. The summed E-state index contributed by atoms with van der Waals surface area (Å²) in [4.78, 5) is 12.7. The number of hydrogen-bond donors (Lipinski definition) is 1. The van der Waals surface area contributed by atoms with E-state index in [1.807, 2.05) is 6.07 Å². The fourth-order valence-electron chi connectivity index (χ4n) is 3.13. The number of sulfonamides is 1.